The van der Waals surface area contributed by atoms with Crippen LogP contribution in [0.3, 0.4) is 0 Å². The molecule has 0 amide bonds. The molecule has 12 nitrogen and oxygen atoms in total. The highest BCUT2D eigenvalue weighted by atomic mass is 32.2. The molecule has 42 heavy (non-hydrogen) atoms. The maximum Gasteiger partial charge on any atom is 0.361 e. The number of hydrogen-bond acceptors (Lipinski definition) is 8. The van der Waals surface area contributed by atoms with Crippen LogP contribution in [0, 0.1) is 0 Å². The summed E-state index contributed by atoms with van der Waals surface area (Å²) >= 11 is 0. The molecule has 0 aliphatic heterocycles. The molecule has 4 N–H and O–H groups in total. The maximum absolute atomic E-state index is 12.8. The van der Waals surface area contributed by atoms with Crippen molar-refractivity contribution in [1.29, 1.82) is 0 Å². The van der Waals surface area contributed by atoms with E-state index in [0.717, 1.165) is 38.5 Å². The van der Waals surface area contributed by atoms with Gasteiger partial charge in [0.25, 0.3) is 0 Å². The summed E-state index contributed by atoms with van der Waals surface area (Å²) < 4.78 is 89.0. The minimum absolute atomic E-state index is 0.0158. The summed E-state index contributed by atoms with van der Waals surface area (Å²) in [5.74, 6) is -0.0722. The van der Waals surface area contributed by atoms with Crippen molar-refractivity contribution in [3.63, 3.8) is 0 Å². The second kappa shape index (κ2) is 16.9. The Balaban J connectivity index is 1.60. The first kappa shape index (κ1) is 36.4. The molecule has 2 rings (SSSR count). The van der Waals surface area contributed by atoms with Gasteiger partial charge in [-0.3, -0.25) is 18.6 Å². The second-order valence-corrected chi connectivity index (χ2v) is 17.0. The normalized spacial score (nSPS) is 12.8. The van der Waals surface area contributed by atoms with Gasteiger partial charge in [0.15, 0.2) is 0 Å². The average Bonchev–Trinajstić information content (AvgIpc) is 2.89. The molecule has 0 fully saturated rings. The van der Waals surface area contributed by atoms with Gasteiger partial charge in [-0.2, -0.15) is 0 Å². The van der Waals surface area contributed by atoms with E-state index in [1.807, 2.05) is 0 Å². The lowest BCUT2D eigenvalue weighted by Crippen LogP contribution is -2.17. The first-order valence-electron chi connectivity index (χ1n) is 13.9. The highest BCUT2D eigenvalue weighted by molar-refractivity contribution is 7.92. The second-order valence-electron chi connectivity index (χ2n) is 9.64. The summed E-state index contributed by atoms with van der Waals surface area (Å²) in [6.07, 6.45) is 6.06. The largest absolute Gasteiger partial charge is 0.361 e. The highest BCUT2D eigenvalue weighted by Gasteiger charge is 2.26. The third-order valence-corrected chi connectivity index (χ3v) is 12.0. The number of sulfonamides is 2. The Labute approximate surface area is 249 Å². The highest BCUT2D eigenvalue weighted by Crippen LogP contribution is 2.46. The van der Waals surface area contributed by atoms with Crippen molar-refractivity contribution in [3.8, 4) is 0 Å². The fourth-order valence-electron chi connectivity index (χ4n) is 4.07. The Bertz CT molecular complexity index is 1400. The van der Waals surface area contributed by atoms with Crippen LogP contribution in [0.15, 0.2) is 48.5 Å². The van der Waals surface area contributed by atoms with Gasteiger partial charge in [0.1, 0.15) is 0 Å². The van der Waals surface area contributed by atoms with Crippen LogP contribution in [-0.2, 0) is 38.2 Å². The van der Waals surface area contributed by atoms with E-state index in [1.165, 1.54) is 48.5 Å². The summed E-state index contributed by atoms with van der Waals surface area (Å²) in [6, 6.07) is 11.2. The lowest BCUT2D eigenvalue weighted by molar-refractivity contribution is 0.230. The molecule has 0 saturated carbocycles. The van der Waals surface area contributed by atoms with E-state index >= 15 is 0 Å². The fraction of sp³-hybridized carbons (Fsp3) is 0.538. The minimum atomic E-state index is -4.38. The first-order valence-corrected chi connectivity index (χ1v) is 20.3. The van der Waals surface area contributed by atoms with E-state index in [0.29, 0.717) is 23.8 Å². The number of unbranched alkanes of at least 4 members (excludes halogenated alkanes) is 7. The third kappa shape index (κ3) is 13.3. The van der Waals surface area contributed by atoms with Gasteiger partial charge in [0.2, 0.25) is 20.0 Å². The van der Waals surface area contributed by atoms with Crippen molar-refractivity contribution < 1.29 is 44.8 Å². The predicted molar refractivity (Wildman–Crippen MR) is 167 cm³/mol. The van der Waals surface area contributed by atoms with Gasteiger partial charge in [0.05, 0.1) is 35.3 Å². The summed E-state index contributed by atoms with van der Waals surface area (Å²) in [5.41, 5.74) is 0.613. The quantitative estimate of drug-likeness (QED) is 0.107. The van der Waals surface area contributed by atoms with Crippen LogP contribution >= 0.6 is 15.2 Å². The zero-order chi connectivity index (χ0) is 31.3. The summed E-state index contributed by atoms with van der Waals surface area (Å²) in [6.45, 7) is 3.88. The van der Waals surface area contributed by atoms with Crippen molar-refractivity contribution in [2.45, 2.75) is 65.2 Å². The van der Waals surface area contributed by atoms with Crippen molar-refractivity contribution in [3.05, 3.63) is 48.5 Å². The van der Waals surface area contributed by atoms with Crippen molar-refractivity contribution in [2.75, 3.05) is 34.2 Å². The number of nitrogens with one attached hydrogen (secondary N) is 2. The third-order valence-electron chi connectivity index (χ3n) is 6.11. The van der Waals surface area contributed by atoms with Crippen molar-refractivity contribution >= 4 is 57.2 Å². The molecule has 0 spiro atoms. The van der Waals surface area contributed by atoms with Crippen LogP contribution in [-0.4, -0.2) is 51.3 Å². The van der Waals surface area contributed by atoms with Gasteiger partial charge in [-0.05, 0) is 75.2 Å². The molecule has 0 radical (unpaired) electrons. The summed E-state index contributed by atoms with van der Waals surface area (Å²) in [5, 5.41) is 0.182. The Hall–Kier alpha value is -1.76. The standard InChI is InChI=1S/C26H42N2O10P2S2/c1-3-37-40(32,38-4-2)26-19-15-24(16-20-26)28-42(35,36)22-12-10-8-6-5-7-9-11-21-41(33,34)27-23-13-17-25(18-14-23)39(29,30)31/h13-20,27-28H,3-12,21-22H2,1-2H3,(H2,29,30,31). The first-order chi connectivity index (χ1) is 19.7. The minimum Gasteiger partial charge on any atom is -0.321 e. The molecule has 0 atom stereocenters. The molecular weight excluding hydrogens is 626 g/mol. The lowest BCUT2D eigenvalue weighted by Gasteiger charge is -2.17. The van der Waals surface area contributed by atoms with E-state index in [9.17, 15) is 26.0 Å². The fourth-order valence-corrected chi connectivity index (χ4v) is 8.54. The smallest absolute Gasteiger partial charge is 0.321 e. The Morgan fingerprint density at radius 3 is 1.26 bits per heavy atom. The average molecular weight is 669 g/mol. The molecule has 16 heteroatoms. The zero-order valence-electron chi connectivity index (χ0n) is 24.0. The summed E-state index contributed by atoms with van der Waals surface area (Å²) in [4.78, 5) is 18.2. The molecule has 0 saturated heterocycles. The molecule has 0 aromatic heterocycles. The van der Waals surface area contributed by atoms with Gasteiger partial charge in [0, 0.05) is 11.4 Å². The van der Waals surface area contributed by atoms with E-state index < -0.39 is 35.2 Å². The molecule has 0 unspecified atom stereocenters. The molecule has 238 valence electrons. The monoisotopic (exact) mass is 668 g/mol. The van der Waals surface area contributed by atoms with Crippen LogP contribution in [0.1, 0.15) is 65.2 Å². The summed E-state index contributed by atoms with van der Waals surface area (Å²) in [7, 11) is -14.9. The van der Waals surface area contributed by atoms with Crippen LogP contribution < -0.4 is 20.1 Å². The van der Waals surface area contributed by atoms with Gasteiger partial charge >= 0.3 is 15.2 Å². The number of rotatable bonds is 21. The maximum atomic E-state index is 12.8. The Morgan fingerprint density at radius 2 is 0.929 bits per heavy atom. The number of hydrogen-bond donors (Lipinski definition) is 4. The molecule has 0 bridgehead atoms. The Morgan fingerprint density at radius 1 is 0.595 bits per heavy atom. The van der Waals surface area contributed by atoms with E-state index in [2.05, 4.69) is 9.44 Å². The zero-order valence-corrected chi connectivity index (χ0v) is 27.4. The van der Waals surface area contributed by atoms with Crippen LogP contribution in [0.5, 0.6) is 0 Å². The predicted octanol–water partition coefficient (Wildman–Crippen LogP) is 4.69. The molecule has 0 heterocycles. The van der Waals surface area contributed by atoms with Gasteiger partial charge < -0.3 is 18.8 Å². The van der Waals surface area contributed by atoms with Gasteiger partial charge in [-0.25, -0.2) is 16.8 Å². The topological polar surface area (TPSA) is 185 Å². The molecule has 2 aromatic carbocycles. The Kier molecular flexibility index (Phi) is 14.7. The van der Waals surface area contributed by atoms with E-state index in [1.54, 1.807) is 13.8 Å². The van der Waals surface area contributed by atoms with Crippen molar-refractivity contribution in [2.24, 2.45) is 0 Å². The number of benzene rings is 2. The van der Waals surface area contributed by atoms with E-state index in [4.69, 9.17) is 18.8 Å². The molecule has 0 aliphatic rings. The number of anilines is 2. The van der Waals surface area contributed by atoms with Crippen LogP contribution in [0.25, 0.3) is 0 Å². The lowest BCUT2D eigenvalue weighted by atomic mass is 10.1. The van der Waals surface area contributed by atoms with Crippen molar-refractivity contribution in [1.82, 2.24) is 0 Å². The SMILES string of the molecule is CCOP(=O)(OCC)c1ccc(NS(=O)(=O)CCCCCCCCCCS(=O)(=O)Nc2ccc(P(=O)(O)O)cc2)cc1. The van der Waals surface area contributed by atoms with Crippen LogP contribution in [0.2, 0.25) is 0 Å². The van der Waals surface area contributed by atoms with Gasteiger partial charge in [-0.1, -0.05) is 38.5 Å². The molecule has 2 aromatic rings. The van der Waals surface area contributed by atoms with Crippen LogP contribution in [0.4, 0.5) is 11.4 Å². The molecule has 0 aliphatic carbocycles. The van der Waals surface area contributed by atoms with Gasteiger partial charge in [-0.15, -0.1) is 0 Å². The molecular formula is C26H42N2O10P2S2. The van der Waals surface area contributed by atoms with E-state index in [-0.39, 0.29) is 35.7 Å².